The van der Waals surface area contributed by atoms with E-state index in [1.165, 1.54) is 21.7 Å². The molecule has 0 fully saturated rings. The molecule has 19 aromatic carbocycles. The van der Waals surface area contributed by atoms with Gasteiger partial charge in [0.2, 0.25) is 0 Å². The van der Waals surface area contributed by atoms with E-state index in [2.05, 4.69) is 308 Å². The SMILES string of the molecule is c1ccc(-c2ccc(-c3nc(-c4ccccc4)nc(-c4ccc(-c5cccc(-c6ccc7c(c6)ncc6ccccc67)c5)c5ccccc45)n3)cc2)cc1.c1ccc(-c2nc(-c3ccccc3)nc(-c3ccc(-c4cccc(-c5ccc6c(c5)ncc5ccccc56)c4)c4ccccc34)n2)cc1.c1ccc(-c2nc3ccccc3nc2-c2cc3cccnc3c3ccccc23)cc1. The van der Waals surface area contributed by atoms with Gasteiger partial charge < -0.3 is 0 Å². The first-order chi connectivity index (χ1) is 65.4. The highest BCUT2D eigenvalue weighted by Gasteiger charge is 2.23. The summed E-state index contributed by atoms with van der Waals surface area (Å²) in [6.07, 6.45) is 5.77. The van der Waals surface area contributed by atoms with Crippen LogP contribution in [0.3, 0.4) is 0 Å². The van der Waals surface area contributed by atoms with E-state index in [1.807, 2.05) is 164 Å². The predicted molar refractivity (Wildman–Crippen MR) is 543 cm³/mol. The molecule has 0 radical (unpaired) electrons. The van der Waals surface area contributed by atoms with Crippen LogP contribution in [0.5, 0.6) is 0 Å². The maximum atomic E-state index is 5.12. The molecule has 25 aromatic rings. The summed E-state index contributed by atoms with van der Waals surface area (Å²) in [6.45, 7) is 0. The van der Waals surface area contributed by atoms with Gasteiger partial charge in [0.1, 0.15) is 0 Å². The molecule has 616 valence electrons. The third kappa shape index (κ3) is 15.5. The van der Waals surface area contributed by atoms with Crippen LogP contribution in [0.1, 0.15) is 0 Å². The lowest BCUT2D eigenvalue weighted by Gasteiger charge is -2.14. The van der Waals surface area contributed by atoms with Crippen LogP contribution in [0.15, 0.2) is 468 Å². The minimum atomic E-state index is 0.636. The van der Waals surface area contributed by atoms with E-state index in [0.717, 1.165) is 187 Å². The van der Waals surface area contributed by atoms with Gasteiger partial charge in [0.25, 0.3) is 0 Å². The fourth-order valence-electron chi connectivity index (χ4n) is 18.1. The van der Waals surface area contributed by atoms with Crippen LogP contribution in [-0.4, -0.2) is 54.8 Å². The van der Waals surface area contributed by atoms with Gasteiger partial charge in [0.15, 0.2) is 34.9 Å². The number of rotatable bonds is 13. The lowest BCUT2D eigenvalue weighted by atomic mass is 9.92. The summed E-state index contributed by atoms with van der Waals surface area (Å²) in [5.74, 6) is 3.86. The summed E-state index contributed by atoms with van der Waals surface area (Å²) < 4.78 is 0. The van der Waals surface area contributed by atoms with Gasteiger partial charge in [-0.2, -0.15) is 0 Å². The largest absolute Gasteiger partial charge is 0.256 e. The molecule has 132 heavy (non-hydrogen) atoms. The van der Waals surface area contributed by atoms with Crippen LogP contribution in [0.4, 0.5) is 0 Å². The van der Waals surface area contributed by atoms with Crippen molar-refractivity contribution in [3.8, 4) is 146 Å². The number of pyridine rings is 3. The standard InChI is InChI=1S/C50H32N4.C44H28N4.C27H17N3/c1-3-12-33(13-4-1)34-22-24-36(25-23-34)49-52-48(35-14-5-2-6-15-35)53-50(54-49)46-29-28-42(43-20-9-10-21-44(43)46)39-18-11-17-37(30-39)38-26-27-45-41-19-8-7-16-40(41)32-51-47(45)31-38;1-3-12-29(13-4-1)42-46-43(30-14-5-2-6-15-30)48-44(47-42)40-25-24-36(37-20-9-10-21-38(37)40)33-18-11-17-31(26-33)32-22-23-39-35-19-8-7-16-34(35)28-45-41(39)27-32;1-2-9-18(10-3-1)26-27(30-24-15-7-6-14-23(24)29-26)22-17-19-11-8-16-28-25(19)21-13-5-4-12-20(21)22/h1-32H;1-28H;1-17H. The van der Waals surface area contributed by atoms with Crippen LogP contribution in [0.25, 0.3) is 244 Å². The molecule has 0 atom stereocenters. The molecule has 0 N–H and O–H groups in total. The normalized spacial score (nSPS) is 11.3. The highest BCUT2D eigenvalue weighted by atomic mass is 15.0. The Balaban J connectivity index is 0.000000117. The van der Waals surface area contributed by atoms with Gasteiger partial charge in [-0.3, -0.25) is 15.0 Å². The zero-order chi connectivity index (χ0) is 87.6. The van der Waals surface area contributed by atoms with E-state index in [1.54, 1.807) is 0 Å². The van der Waals surface area contributed by atoms with Crippen molar-refractivity contribution >= 4 is 97.6 Å². The molecule has 0 saturated carbocycles. The van der Waals surface area contributed by atoms with E-state index < -0.39 is 0 Å². The molecule has 11 heteroatoms. The maximum absolute atomic E-state index is 5.12. The highest BCUT2D eigenvalue weighted by molar-refractivity contribution is 6.14. The number of aromatic nitrogens is 11. The summed E-state index contributed by atoms with van der Waals surface area (Å²) in [5.41, 5.74) is 25.9. The maximum Gasteiger partial charge on any atom is 0.164 e. The Bertz CT molecular complexity index is 8650. The molecule has 25 rings (SSSR count). The van der Waals surface area contributed by atoms with Crippen LogP contribution in [-0.2, 0) is 0 Å². The first-order valence-electron chi connectivity index (χ1n) is 44.2. The van der Waals surface area contributed by atoms with Crippen LogP contribution in [0, 0.1) is 0 Å². The van der Waals surface area contributed by atoms with E-state index in [9.17, 15) is 0 Å². The molecular weight excluding hydrogens is 1610 g/mol. The number of fused-ring (bicyclic) bond motifs is 12. The molecule has 11 nitrogen and oxygen atoms in total. The number of nitrogens with zero attached hydrogens (tertiary/aromatic N) is 11. The Morgan fingerprint density at radius 1 is 0.136 bits per heavy atom. The van der Waals surface area contributed by atoms with Gasteiger partial charge in [-0.15, -0.1) is 0 Å². The Hall–Kier alpha value is -17.9. The quantitative estimate of drug-likeness (QED) is 0.102. The molecule has 0 amide bonds. The van der Waals surface area contributed by atoms with Gasteiger partial charge >= 0.3 is 0 Å². The van der Waals surface area contributed by atoms with Gasteiger partial charge in [-0.25, -0.2) is 39.9 Å². The molecule has 0 saturated heterocycles. The molecule has 6 aromatic heterocycles. The lowest BCUT2D eigenvalue weighted by molar-refractivity contribution is 1.08. The average Bonchev–Trinajstić information content (AvgIpc) is 0.748. The van der Waals surface area contributed by atoms with Crippen molar-refractivity contribution in [2.24, 2.45) is 0 Å². The molecule has 0 aliphatic carbocycles. The number of para-hydroxylation sites is 2. The van der Waals surface area contributed by atoms with E-state index in [-0.39, 0.29) is 0 Å². The van der Waals surface area contributed by atoms with Crippen molar-refractivity contribution in [3.63, 3.8) is 0 Å². The first-order valence-corrected chi connectivity index (χ1v) is 44.2. The average molecular weight is 1690 g/mol. The highest BCUT2D eigenvalue weighted by Crippen LogP contribution is 2.44. The Morgan fingerprint density at radius 2 is 0.447 bits per heavy atom. The van der Waals surface area contributed by atoms with E-state index >= 15 is 0 Å². The summed E-state index contributed by atoms with van der Waals surface area (Å²) in [7, 11) is 0. The summed E-state index contributed by atoms with van der Waals surface area (Å²) in [5, 5.41) is 14.9. The van der Waals surface area contributed by atoms with Crippen LogP contribution >= 0.6 is 0 Å². The summed E-state index contributed by atoms with van der Waals surface area (Å²) in [4.78, 5) is 54.5. The Kier molecular flexibility index (Phi) is 20.8. The van der Waals surface area contributed by atoms with Gasteiger partial charge in [-0.05, 0) is 154 Å². The van der Waals surface area contributed by atoms with Crippen LogP contribution < -0.4 is 0 Å². The van der Waals surface area contributed by atoms with Gasteiger partial charge in [0.05, 0.1) is 39.0 Å². The topological polar surface area (TPSA) is 142 Å². The smallest absolute Gasteiger partial charge is 0.164 e. The van der Waals surface area contributed by atoms with E-state index in [4.69, 9.17) is 49.8 Å². The van der Waals surface area contributed by atoms with Crippen molar-refractivity contribution in [2.75, 3.05) is 0 Å². The second-order valence-corrected chi connectivity index (χ2v) is 32.7. The molecule has 0 aliphatic heterocycles. The number of hydrogen-bond donors (Lipinski definition) is 0. The zero-order valence-corrected chi connectivity index (χ0v) is 71.4. The predicted octanol–water partition coefficient (Wildman–Crippen LogP) is 30.5. The molecular formula is C121H77N11. The minimum absolute atomic E-state index is 0.636. The fraction of sp³-hybridized carbons (Fsp3) is 0. The van der Waals surface area contributed by atoms with Gasteiger partial charge in [0, 0.05) is 95.4 Å². The number of benzene rings is 19. The fourth-order valence-corrected chi connectivity index (χ4v) is 18.1. The second-order valence-electron chi connectivity index (χ2n) is 32.7. The second kappa shape index (κ2) is 34.8. The van der Waals surface area contributed by atoms with Crippen molar-refractivity contribution in [2.45, 2.75) is 0 Å². The number of hydrogen-bond acceptors (Lipinski definition) is 11. The van der Waals surface area contributed by atoms with E-state index in [0.29, 0.717) is 34.9 Å². The molecule has 0 spiro atoms. The van der Waals surface area contributed by atoms with Crippen molar-refractivity contribution in [1.82, 2.24) is 54.8 Å². The van der Waals surface area contributed by atoms with Gasteiger partial charge in [-0.1, -0.05) is 388 Å². The molecule has 0 aliphatic rings. The Morgan fingerprint density at radius 3 is 0.909 bits per heavy atom. The lowest BCUT2D eigenvalue weighted by Crippen LogP contribution is -2.00. The van der Waals surface area contributed by atoms with Crippen molar-refractivity contribution < 1.29 is 0 Å². The van der Waals surface area contributed by atoms with Crippen molar-refractivity contribution in [3.05, 3.63) is 468 Å². The van der Waals surface area contributed by atoms with Crippen LogP contribution in [0.2, 0.25) is 0 Å². The summed E-state index contributed by atoms with van der Waals surface area (Å²) >= 11 is 0. The minimum Gasteiger partial charge on any atom is -0.256 e. The third-order valence-corrected chi connectivity index (χ3v) is 24.6. The molecule has 0 bridgehead atoms. The zero-order valence-electron chi connectivity index (χ0n) is 71.4. The van der Waals surface area contributed by atoms with Crippen molar-refractivity contribution in [1.29, 1.82) is 0 Å². The third-order valence-electron chi connectivity index (χ3n) is 24.6. The molecule has 0 unspecified atom stereocenters. The molecule has 6 heterocycles. The Labute approximate surface area is 761 Å². The first kappa shape index (κ1) is 78.8. The monoisotopic (exact) mass is 1680 g/mol. The summed E-state index contributed by atoms with van der Waals surface area (Å²) in [6, 6.07) is 155.